The molecule has 0 fully saturated rings. The van der Waals surface area contributed by atoms with Crippen molar-refractivity contribution in [3.63, 3.8) is 0 Å². The van der Waals surface area contributed by atoms with E-state index in [4.69, 9.17) is 10.5 Å². The maximum Gasteiger partial charge on any atom is 0.222 e. The zero-order valence-electron chi connectivity index (χ0n) is 10.2. The van der Waals surface area contributed by atoms with Crippen molar-refractivity contribution in [3.05, 3.63) is 41.8 Å². The Morgan fingerprint density at radius 3 is 2.78 bits per heavy atom. The highest BCUT2D eigenvalue weighted by atomic mass is 19.1. The van der Waals surface area contributed by atoms with Gasteiger partial charge < -0.3 is 15.8 Å². The van der Waals surface area contributed by atoms with Crippen LogP contribution in [-0.4, -0.2) is 12.0 Å². The van der Waals surface area contributed by atoms with E-state index in [1.807, 2.05) is 0 Å². The van der Waals surface area contributed by atoms with E-state index >= 15 is 0 Å². The summed E-state index contributed by atoms with van der Waals surface area (Å²) in [6, 6.07) is 6.61. The van der Waals surface area contributed by atoms with E-state index in [9.17, 15) is 4.39 Å². The Hall–Kier alpha value is -2.30. The van der Waals surface area contributed by atoms with Gasteiger partial charge in [-0.3, -0.25) is 0 Å². The number of hydrogen-bond donors (Lipinski definition) is 2. The van der Waals surface area contributed by atoms with E-state index in [2.05, 4.69) is 10.3 Å². The molecule has 0 aliphatic carbocycles. The van der Waals surface area contributed by atoms with Crippen molar-refractivity contribution >= 4 is 11.4 Å². The number of nitrogens with two attached hydrogens (primary N) is 1. The number of hydrogen-bond acceptors (Lipinski definition) is 4. The summed E-state index contributed by atoms with van der Waals surface area (Å²) >= 11 is 0. The molecule has 1 aromatic carbocycles. The van der Waals surface area contributed by atoms with E-state index in [1.54, 1.807) is 32.2 Å². The van der Waals surface area contributed by atoms with Crippen LogP contribution in [0.2, 0.25) is 0 Å². The Kier molecular flexibility index (Phi) is 3.32. The Bertz CT molecular complexity index is 572. The summed E-state index contributed by atoms with van der Waals surface area (Å²) in [6.07, 6.45) is 1.12. The topological polar surface area (TPSA) is 60.2 Å². The Labute approximate surface area is 105 Å². The highest BCUT2D eigenvalue weighted by molar-refractivity contribution is 5.68. The summed E-state index contributed by atoms with van der Waals surface area (Å²) in [5.41, 5.74) is 7.80. The van der Waals surface area contributed by atoms with Crippen molar-refractivity contribution < 1.29 is 9.13 Å². The van der Waals surface area contributed by atoms with Gasteiger partial charge in [-0.05, 0) is 25.1 Å². The van der Waals surface area contributed by atoms with Gasteiger partial charge in [-0.1, -0.05) is 0 Å². The molecule has 0 amide bonds. The molecule has 1 aromatic heterocycles. The number of nitrogens with zero attached hydrogens (tertiary/aromatic N) is 1. The molecule has 18 heavy (non-hydrogen) atoms. The smallest absolute Gasteiger partial charge is 0.222 e. The number of nitrogens with one attached hydrogen (secondary N) is 1. The number of nitrogen functional groups attached to an aromatic ring is 1. The van der Waals surface area contributed by atoms with Gasteiger partial charge in [-0.15, -0.1) is 0 Å². The van der Waals surface area contributed by atoms with Crippen LogP contribution < -0.4 is 15.8 Å². The molecule has 0 spiro atoms. The molecule has 0 atom stereocenters. The Morgan fingerprint density at radius 2 is 2.11 bits per heavy atom. The first-order valence-corrected chi connectivity index (χ1v) is 5.47. The lowest BCUT2D eigenvalue weighted by Gasteiger charge is -2.10. The van der Waals surface area contributed by atoms with E-state index in [-0.39, 0.29) is 5.82 Å². The molecule has 0 radical (unpaired) electrons. The number of ether oxygens (including phenoxy) is 1. The van der Waals surface area contributed by atoms with Crippen LogP contribution in [-0.2, 0) is 0 Å². The van der Waals surface area contributed by atoms with Crippen LogP contribution >= 0.6 is 0 Å². The molecule has 0 aliphatic rings. The van der Waals surface area contributed by atoms with Crippen LogP contribution in [0.15, 0.2) is 30.5 Å². The molecule has 2 rings (SSSR count). The first-order chi connectivity index (χ1) is 8.60. The Morgan fingerprint density at radius 1 is 1.33 bits per heavy atom. The number of pyridine rings is 1. The lowest BCUT2D eigenvalue weighted by molar-refractivity contribution is 0.455. The predicted molar refractivity (Wildman–Crippen MR) is 69.4 cm³/mol. The number of aryl methyl sites for hydroxylation is 1. The average Bonchev–Trinajstić information content (AvgIpc) is 2.35. The van der Waals surface area contributed by atoms with Gasteiger partial charge in [-0.25, -0.2) is 9.37 Å². The van der Waals surface area contributed by atoms with E-state index in [1.165, 1.54) is 6.07 Å². The second-order valence-corrected chi connectivity index (χ2v) is 3.88. The third kappa shape index (κ3) is 2.51. The maximum absolute atomic E-state index is 12.9. The molecule has 0 bridgehead atoms. The van der Waals surface area contributed by atoms with Crippen LogP contribution in [0.3, 0.4) is 0 Å². The largest absolute Gasteiger partial charge is 0.439 e. The van der Waals surface area contributed by atoms with Gasteiger partial charge in [0.1, 0.15) is 11.6 Å². The minimum Gasteiger partial charge on any atom is -0.439 e. The van der Waals surface area contributed by atoms with E-state index in [0.717, 1.165) is 11.9 Å². The fourth-order valence-electron chi connectivity index (χ4n) is 1.56. The lowest BCUT2D eigenvalue weighted by atomic mass is 10.2. The second-order valence-electron chi connectivity index (χ2n) is 3.88. The zero-order chi connectivity index (χ0) is 13.1. The molecule has 0 unspecified atom stereocenters. The normalized spacial score (nSPS) is 10.2. The molecule has 0 saturated carbocycles. The minimum absolute atomic E-state index is 0.378. The molecule has 5 heteroatoms. The summed E-state index contributed by atoms with van der Waals surface area (Å²) in [7, 11) is 1.77. The molecule has 3 N–H and O–H groups in total. The summed E-state index contributed by atoms with van der Waals surface area (Å²) in [6.45, 7) is 1.74. The van der Waals surface area contributed by atoms with Crippen LogP contribution in [0, 0.1) is 12.7 Å². The quantitative estimate of drug-likeness (QED) is 0.819. The molecule has 4 nitrogen and oxygen atoms in total. The van der Waals surface area contributed by atoms with Crippen molar-refractivity contribution in [2.75, 3.05) is 18.1 Å². The number of rotatable bonds is 3. The third-order valence-electron chi connectivity index (χ3n) is 2.51. The standard InChI is InChI=1S/C13H14FN3O/c1-8-5-9(14)7-17-13(8)18-10-3-4-11(15)12(6-10)16-2/h3-7,16H,15H2,1-2H3. The van der Waals surface area contributed by atoms with Gasteiger partial charge in [0.15, 0.2) is 0 Å². The molecule has 94 valence electrons. The molecule has 0 saturated heterocycles. The summed E-state index contributed by atoms with van der Waals surface area (Å²) < 4.78 is 18.5. The van der Waals surface area contributed by atoms with Crippen molar-refractivity contribution in [2.24, 2.45) is 0 Å². The molecule has 0 aliphatic heterocycles. The van der Waals surface area contributed by atoms with Gasteiger partial charge in [0, 0.05) is 18.7 Å². The molecule has 2 aromatic rings. The highest BCUT2D eigenvalue weighted by Gasteiger charge is 2.06. The first kappa shape index (κ1) is 12.2. The van der Waals surface area contributed by atoms with Gasteiger partial charge in [0.2, 0.25) is 5.88 Å². The van der Waals surface area contributed by atoms with Crippen molar-refractivity contribution in [1.82, 2.24) is 4.98 Å². The molecular weight excluding hydrogens is 233 g/mol. The van der Waals surface area contributed by atoms with Crippen molar-refractivity contribution in [2.45, 2.75) is 6.92 Å². The Balaban J connectivity index is 2.28. The predicted octanol–water partition coefficient (Wildman–Crippen LogP) is 2.95. The summed E-state index contributed by atoms with van der Waals surface area (Å²) in [4.78, 5) is 3.90. The van der Waals surface area contributed by atoms with Crippen molar-refractivity contribution in [1.29, 1.82) is 0 Å². The number of anilines is 2. The van der Waals surface area contributed by atoms with Crippen molar-refractivity contribution in [3.8, 4) is 11.6 Å². The fourth-order valence-corrected chi connectivity index (χ4v) is 1.56. The second kappa shape index (κ2) is 4.91. The average molecular weight is 247 g/mol. The van der Waals surface area contributed by atoms with Crippen LogP contribution in [0.4, 0.5) is 15.8 Å². The van der Waals surface area contributed by atoms with E-state index < -0.39 is 0 Å². The van der Waals surface area contributed by atoms with Gasteiger partial charge in [0.05, 0.1) is 17.6 Å². The van der Waals surface area contributed by atoms with Crippen LogP contribution in [0.25, 0.3) is 0 Å². The van der Waals surface area contributed by atoms with E-state index in [0.29, 0.717) is 22.9 Å². The fraction of sp³-hybridized carbons (Fsp3) is 0.154. The molecule has 1 heterocycles. The van der Waals surface area contributed by atoms with Gasteiger partial charge >= 0.3 is 0 Å². The summed E-state index contributed by atoms with van der Waals surface area (Å²) in [5.74, 6) is 0.590. The maximum atomic E-state index is 12.9. The first-order valence-electron chi connectivity index (χ1n) is 5.47. The SMILES string of the molecule is CNc1cc(Oc2ncc(F)cc2C)ccc1N. The molecular formula is C13H14FN3O. The van der Waals surface area contributed by atoms with Gasteiger partial charge in [-0.2, -0.15) is 0 Å². The van der Waals surface area contributed by atoms with Crippen LogP contribution in [0.1, 0.15) is 5.56 Å². The number of benzene rings is 1. The van der Waals surface area contributed by atoms with Gasteiger partial charge in [0.25, 0.3) is 0 Å². The lowest BCUT2D eigenvalue weighted by Crippen LogP contribution is -1.97. The number of aromatic nitrogens is 1. The summed E-state index contributed by atoms with van der Waals surface area (Å²) in [5, 5.41) is 2.96. The minimum atomic E-state index is -0.381. The highest BCUT2D eigenvalue weighted by Crippen LogP contribution is 2.28. The monoisotopic (exact) mass is 247 g/mol. The number of halogens is 1. The zero-order valence-corrected chi connectivity index (χ0v) is 10.2. The third-order valence-corrected chi connectivity index (χ3v) is 2.51. The van der Waals surface area contributed by atoms with Crippen LogP contribution in [0.5, 0.6) is 11.6 Å².